The van der Waals surface area contributed by atoms with Crippen LogP contribution in [0.15, 0.2) is 0 Å². The summed E-state index contributed by atoms with van der Waals surface area (Å²) in [6, 6.07) is 0. The van der Waals surface area contributed by atoms with E-state index in [0.29, 0.717) is 0 Å². The van der Waals surface area contributed by atoms with Gasteiger partial charge >= 0.3 is 0 Å². The Morgan fingerprint density at radius 3 is 2.20 bits per heavy atom. The lowest BCUT2D eigenvalue weighted by atomic mass is 9.63. The van der Waals surface area contributed by atoms with Crippen LogP contribution in [0, 0.1) is 11.8 Å². The first-order chi connectivity index (χ1) is 4.81. The number of likely N-dealkylation sites (tertiary alicyclic amines) is 1. The van der Waals surface area contributed by atoms with Crippen molar-refractivity contribution in [2.75, 3.05) is 20.1 Å². The zero-order valence-corrected chi connectivity index (χ0v) is 6.77. The summed E-state index contributed by atoms with van der Waals surface area (Å²) in [5, 5.41) is 0. The van der Waals surface area contributed by atoms with E-state index in [0.717, 1.165) is 5.41 Å². The van der Waals surface area contributed by atoms with Crippen LogP contribution in [-0.2, 0) is 0 Å². The average Bonchev–Trinajstić information content (AvgIpc) is 1.86. The summed E-state index contributed by atoms with van der Waals surface area (Å²) < 4.78 is 0. The lowest BCUT2D eigenvalue weighted by Gasteiger charge is -2.47. The number of hydrogen-bond acceptors (Lipinski definition) is 1. The fourth-order valence-corrected chi connectivity index (χ4v) is 2.05. The van der Waals surface area contributed by atoms with Crippen LogP contribution in [0.25, 0.3) is 0 Å². The molecule has 1 nitrogen and oxygen atoms in total. The van der Waals surface area contributed by atoms with Gasteiger partial charge in [-0.25, -0.2) is 0 Å². The Kier molecular flexibility index (Phi) is 1.48. The zero-order valence-electron chi connectivity index (χ0n) is 6.77. The van der Waals surface area contributed by atoms with Gasteiger partial charge in [-0.2, -0.15) is 0 Å². The molecule has 0 aromatic heterocycles. The zero-order chi connectivity index (χ0) is 7.03. The van der Waals surface area contributed by atoms with Crippen molar-refractivity contribution in [3.05, 3.63) is 6.42 Å². The Balaban J connectivity index is 1.90. The molecule has 1 radical (unpaired) electrons. The van der Waals surface area contributed by atoms with Crippen LogP contribution in [0.5, 0.6) is 0 Å². The highest BCUT2D eigenvalue weighted by Gasteiger charge is 2.38. The van der Waals surface area contributed by atoms with Gasteiger partial charge in [0, 0.05) is 0 Å². The van der Waals surface area contributed by atoms with Crippen molar-refractivity contribution < 1.29 is 0 Å². The molecule has 0 aromatic rings. The van der Waals surface area contributed by atoms with E-state index >= 15 is 0 Å². The molecule has 1 saturated carbocycles. The standard InChI is InChI=1S/C9H16N/c1-10-7-5-9(6-8-10)3-2-4-9/h2H,3-8H2,1H3. The summed E-state index contributed by atoms with van der Waals surface area (Å²) >= 11 is 0. The molecule has 0 bridgehead atoms. The summed E-state index contributed by atoms with van der Waals surface area (Å²) in [5.41, 5.74) is 0.784. The summed E-state index contributed by atoms with van der Waals surface area (Å²) in [7, 11) is 2.23. The van der Waals surface area contributed by atoms with Crippen molar-refractivity contribution in [3.8, 4) is 0 Å². The van der Waals surface area contributed by atoms with Gasteiger partial charge in [-0.05, 0) is 57.7 Å². The van der Waals surface area contributed by atoms with Gasteiger partial charge in [0.25, 0.3) is 0 Å². The van der Waals surface area contributed by atoms with E-state index in [-0.39, 0.29) is 0 Å². The van der Waals surface area contributed by atoms with E-state index < -0.39 is 0 Å². The highest BCUT2D eigenvalue weighted by molar-refractivity contribution is 5.00. The third-order valence-electron chi connectivity index (χ3n) is 3.20. The minimum Gasteiger partial charge on any atom is -0.306 e. The molecule has 0 aromatic carbocycles. The van der Waals surface area contributed by atoms with E-state index in [1.54, 1.807) is 0 Å². The Labute approximate surface area is 63.4 Å². The molecule has 2 rings (SSSR count). The largest absolute Gasteiger partial charge is 0.306 e. The van der Waals surface area contributed by atoms with E-state index in [2.05, 4.69) is 18.4 Å². The first-order valence-electron chi connectivity index (χ1n) is 4.31. The molecular formula is C9H16N. The number of nitrogens with zero attached hydrogens (tertiary/aromatic N) is 1. The van der Waals surface area contributed by atoms with Crippen LogP contribution in [0.2, 0.25) is 0 Å². The molecule has 10 heavy (non-hydrogen) atoms. The molecule has 1 heteroatoms. The highest BCUT2D eigenvalue weighted by atomic mass is 15.1. The lowest BCUT2D eigenvalue weighted by molar-refractivity contribution is 0.0796. The molecular weight excluding hydrogens is 122 g/mol. The van der Waals surface area contributed by atoms with Crippen molar-refractivity contribution in [2.45, 2.75) is 25.7 Å². The molecule has 0 unspecified atom stereocenters. The first kappa shape index (κ1) is 6.66. The Hall–Kier alpha value is -0.0400. The third kappa shape index (κ3) is 0.968. The summed E-state index contributed by atoms with van der Waals surface area (Å²) in [4.78, 5) is 2.45. The van der Waals surface area contributed by atoms with Crippen molar-refractivity contribution in [3.63, 3.8) is 0 Å². The fourth-order valence-electron chi connectivity index (χ4n) is 2.05. The molecule has 1 spiro atoms. The predicted molar refractivity (Wildman–Crippen MR) is 42.7 cm³/mol. The molecule has 0 amide bonds. The molecule has 0 atom stereocenters. The summed E-state index contributed by atoms with van der Waals surface area (Å²) in [6.07, 6.45) is 8.13. The second-order valence-corrected chi connectivity index (χ2v) is 4.00. The van der Waals surface area contributed by atoms with Gasteiger partial charge in [-0.1, -0.05) is 0 Å². The predicted octanol–water partition coefficient (Wildman–Crippen LogP) is 1.70. The van der Waals surface area contributed by atoms with Gasteiger partial charge in [0.15, 0.2) is 0 Å². The van der Waals surface area contributed by atoms with E-state index in [4.69, 9.17) is 0 Å². The molecule has 1 aliphatic carbocycles. The van der Waals surface area contributed by atoms with Gasteiger partial charge in [0.05, 0.1) is 0 Å². The SMILES string of the molecule is CN1CCC2(C[CH]C2)CC1. The first-order valence-corrected chi connectivity index (χ1v) is 4.31. The molecule has 0 N–H and O–H groups in total. The van der Waals surface area contributed by atoms with Crippen molar-refractivity contribution >= 4 is 0 Å². The van der Waals surface area contributed by atoms with Gasteiger partial charge in [0.1, 0.15) is 0 Å². The molecule has 1 heterocycles. The average molecular weight is 138 g/mol. The van der Waals surface area contributed by atoms with Crippen LogP contribution < -0.4 is 0 Å². The molecule has 57 valence electrons. The highest BCUT2D eigenvalue weighted by Crippen LogP contribution is 2.47. The van der Waals surface area contributed by atoms with Gasteiger partial charge in [-0.15, -0.1) is 0 Å². The maximum absolute atomic E-state index is 2.45. The van der Waals surface area contributed by atoms with Crippen molar-refractivity contribution in [1.29, 1.82) is 0 Å². The Morgan fingerprint density at radius 2 is 1.80 bits per heavy atom. The van der Waals surface area contributed by atoms with Crippen molar-refractivity contribution in [2.24, 2.45) is 5.41 Å². The monoisotopic (exact) mass is 138 g/mol. The third-order valence-corrected chi connectivity index (χ3v) is 3.20. The Bertz CT molecular complexity index is 117. The normalized spacial score (nSPS) is 32.1. The van der Waals surface area contributed by atoms with Gasteiger partial charge in [-0.3, -0.25) is 0 Å². The van der Waals surface area contributed by atoms with Crippen LogP contribution in [-0.4, -0.2) is 25.0 Å². The van der Waals surface area contributed by atoms with E-state index in [9.17, 15) is 0 Å². The Morgan fingerprint density at radius 1 is 1.20 bits per heavy atom. The minimum atomic E-state index is 0.784. The summed E-state index contributed by atoms with van der Waals surface area (Å²) in [5.74, 6) is 0. The molecule has 2 aliphatic rings. The second kappa shape index (κ2) is 2.23. The van der Waals surface area contributed by atoms with Crippen LogP contribution in [0.1, 0.15) is 25.7 Å². The van der Waals surface area contributed by atoms with Crippen LogP contribution in [0.4, 0.5) is 0 Å². The van der Waals surface area contributed by atoms with Crippen LogP contribution >= 0.6 is 0 Å². The molecule has 1 aliphatic heterocycles. The van der Waals surface area contributed by atoms with Gasteiger partial charge in [0.2, 0.25) is 0 Å². The number of piperidine rings is 1. The van der Waals surface area contributed by atoms with E-state index in [1.165, 1.54) is 38.8 Å². The second-order valence-electron chi connectivity index (χ2n) is 4.00. The summed E-state index contributed by atoms with van der Waals surface area (Å²) in [6.45, 7) is 2.65. The minimum absolute atomic E-state index is 0.784. The smallest absolute Gasteiger partial charge is 0.00165 e. The maximum Gasteiger partial charge on any atom is -0.00165 e. The lowest BCUT2D eigenvalue weighted by Crippen LogP contribution is -2.42. The van der Waals surface area contributed by atoms with Crippen molar-refractivity contribution in [1.82, 2.24) is 4.90 Å². The van der Waals surface area contributed by atoms with E-state index in [1.807, 2.05) is 0 Å². The van der Waals surface area contributed by atoms with Gasteiger partial charge < -0.3 is 4.90 Å². The topological polar surface area (TPSA) is 3.24 Å². The molecule has 2 fully saturated rings. The number of hydrogen-bond donors (Lipinski definition) is 0. The fraction of sp³-hybridized carbons (Fsp3) is 0.889. The number of rotatable bonds is 0. The maximum atomic E-state index is 2.45. The quantitative estimate of drug-likeness (QED) is 0.492. The molecule has 1 saturated heterocycles. The van der Waals surface area contributed by atoms with Crippen LogP contribution in [0.3, 0.4) is 0 Å².